The van der Waals surface area contributed by atoms with Crippen LogP contribution in [-0.4, -0.2) is 11.0 Å². The minimum atomic E-state index is -4.51. The van der Waals surface area contributed by atoms with Gasteiger partial charge in [-0.2, -0.15) is 13.2 Å². The maximum Gasteiger partial charge on any atom is 0.416 e. The molecule has 3 nitrogen and oxygen atoms in total. The van der Waals surface area contributed by atoms with Crippen molar-refractivity contribution >= 4 is 63.7 Å². The van der Waals surface area contributed by atoms with Crippen molar-refractivity contribution in [2.45, 2.75) is 6.18 Å². The Morgan fingerprint density at radius 1 is 1.00 bits per heavy atom. The summed E-state index contributed by atoms with van der Waals surface area (Å²) in [5.41, 5.74) is -0.651. The molecule has 0 saturated carbocycles. The third kappa shape index (κ3) is 5.22. The highest BCUT2D eigenvalue weighted by atomic mass is 35.5. The number of halogens is 6. The van der Waals surface area contributed by atoms with Crippen molar-refractivity contribution in [3.05, 3.63) is 62.6 Å². The molecule has 2 N–H and O–H groups in total. The normalized spacial score (nSPS) is 11.1. The second-order valence-electron chi connectivity index (χ2n) is 4.72. The predicted octanol–water partition coefficient (Wildman–Crippen LogP) is 5.79. The van der Waals surface area contributed by atoms with Gasteiger partial charge in [-0.1, -0.05) is 34.8 Å². The molecule has 0 saturated heterocycles. The highest BCUT2D eigenvalue weighted by Crippen LogP contribution is 2.33. The van der Waals surface area contributed by atoms with Gasteiger partial charge in [-0.25, -0.2) is 0 Å². The molecule has 0 aliphatic rings. The Morgan fingerprint density at radius 3 is 2.24 bits per heavy atom. The predicted molar refractivity (Wildman–Crippen MR) is 96.6 cm³/mol. The van der Waals surface area contributed by atoms with E-state index in [0.717, 1.165) is 18.2 Å². The number of anilines is 1. The molecule has 0 unspecified atom stereocenters. The van der Waals surface area contributed by atoms with E-state index in [0.29, 0.717) is 5.02 Å². The van der Waals surface area contributed by atoms with Gasteiger partial charge in [0.2, 0.25) is 0 Å². The largest absolute Gasteiger partial charge is 0.416 e. The van der Waals surface area contributed by atoms with E-state index >= 15 is 0 Å². The summed E-state index contributed by atoms with van der Waals surface area (Å²) in [5, 5.41) is 5.03. The molecule has 0 spiro atoms. The Labute approximate surface area is 161 Å². The summed E-state index contributed by atoms with van der Waals surface area (Å²) in [6.07, 6.45) is -4.51. The molecule has 132 valence electrons. The molecule has 0 fully saturated rings. The summed E-state index contributed by atoms with van der Waals surface area (Å²) in [6.45, 7) is 0. The van der Waals surface area contributed by atoms with Gasteiger partial charge >= 0.3 is 6.18 Å². The summed E-state index contributed by atoms with van der Waals surface area (Å²) in [5.74, 6) is -0.609. The van der Waals surface area contributed by atoms with Crippen LogP contribution >= 0.6 is 47.0 Å². The highest BCUT2D eigenvalue weighted by molar-refractivity contribution is 7.80. The second-order valence-corrected chi connectivity index (χ2v) is 6.38. The lowest BCUT2D eigenvalue weighted by Crippen LogP contribution is -2.34. The maximum atomic E-state index is 12.6. The Morgan fingerprint density at radius 2 is 1.68 bits per heavy atom. The molecule has 2 aromatic rings. The van der Waals surface area contributed by atoms with Crippen LogP contribution in [0.2, 0.25) is 15.1 Å². The van der Waals surface area contributed by atoms with E-state index in [-0.39, 0.29) is 26.4 Å². The number of benzene rings is 2. The minimum absolute atomic E-state index is 0.113. The summed E-state index contributed by atoms with van der Waals surface area (Å²) in [6, 6.07) is 6.98. The summed E-state index contributed by atoms with van der Waals surface area (Å²) >= 11 is 22.4. The molecule has 2 aromatic carbocycles. The van der Waals surface area contributed by atoms with Crippen LogP contribution in [0.4, 0.5) is 18.9 Å². The Bertz CT molecular complexity index is 843. The monoisotopic (exact) mass is 426 g/mol. The topological polar surface area (TPSA) is 41.1 Å². The smallest absolute Gasteiger partial charge is 0.331 e. The minimum Gasteiger partial charge on any atom is -0.331 e. The highest BCUT2D eigenvalue weighted by Gasteiger charge is 2.30. The van der Waals surface area contributed by atoms with Crippen LogP contribution in [0.1, 0.15) is 15.9 Å². The van der Waals surface area contributed by atoms with Gasteiger partial charge in [0.25, 0.3) is 5.91 Å². The molecule has 25 heavy (non-hydrogen) atoms. The van der Waals surface area contributed by atoms with Crippen molar-refractivity contribution < 1.29 is 18.0 Å². The van der Waals surface area contributed by atoms with Crippen LogP contribution in [0.15, 0.2) is 36.4 Å². The number of hydrogen-bond acceptors (Lipinski definition) is 2. The van der Waals surface area contributed by atoms with Gasteiger partial charge in [-0.15, -0.1) is 0 Å². The molecule has 1 amide bonds. The van der Waals surface area contributed by atoms with Gasteiger partial charge in [0.1, 0.15) is 0 Å². The van der Waals surface area contributed by atoms with Crippen LogP contribution in [0.3, 0.4) is 0 Å². The fourth-order valence-electron chi connectivity index (χ4n) is 1.79. The maximum absolute atomic E-state index is 12.6. The quantitative estimate of drug-likeness (QED) is 0.596. The molecular weight excluding hydrogens is 420 g/mol. The van der Waals surface area contributed by atoms with Crippen molar-refractivity contribution in [1.29, 1.82) is 0 Å². The summed E-state index contributed by atoms with van der Waals surface area (Å²) < 4.78 is 37.8. The molecule has 0 aliphatic heterocycles. The zero-order chi connectivity index (χ0) is 18.8. The number of amides is 1. The molecule has 0 radical (unpaired) electrons. The number of carbonyl (C=O) groups is 1. The third-order valence-electron chi connectivity index (χ3n) is 2.95. The van der Waals surface area contributed by atoms with Gasteiger partial charge in [0.05, 0.1) is 26.9 Å². The van der Waals surface area contributed by atoms with Crippen molar-refractivity contribution in [3.8, 4) is 0 Å². The SMILES string of the molecule is O=C(NC(=S)Nc1ccc(C(F)(F)F)cc1Cl)c1ccc(Cl)cc1Cl. The van der Waals surface area contributed by atoms with E-state index in [4.69, 9.17) is 47.0 Å². The van der Waals surface area contributed by atoms with Crippen molar-refractivity contribution in [1.82, 2.24) is 5.32 Å². The van der Waals surface area contributed by atoms with Crippen LogP contribution < -0.4 is 10.6 Å². The molecular formula is C15H8Cl3F3N2OS. The first-order chi connectivity index (χ1) is 11.6. The Hall–Kier alpha value is -1.54. The van der Waals surface area contributed by atoms with Crippen LogP contribution in [-0.2, 0) is 6.18 Å². The van der Waals surface area contributed by atoms with E-state index in [9.17, 15) is 18.0 Å². The number of nitrogens with one attached hydrogen (secondary N) is 2. The Balaban J connectivity index is 2.08. The van der Waals surface area contributed by atoms with Gasteiger partial charge in [-0.3, -0.25) is 10.1 Å². The van der Waals surface area contributed by atoms with Crippen molar-refractivity contribution in [2.75, 3.05) is 5.32 Å². The van der Waals surface area contributed by atoms with Gasteiger partial charge in [-0.05, 0) is 48.6 Å². The molecule has 10 heteroatoms. The number of thiocarbonyl (C=S) groups is 1. The molecule has 0 bridgehead atoms. The average Bonchev–Trinajstić information content (AvgIpc) is 2.47. The van der Waals surface area contributed by atoms with Crippen molar-refractivity contribution in [2.24, 2.45) is 0 Å². The third-order valence-corrected chi connectivity index (χ3v) is 4.01. The van der Waals surface area contributed by atoms with Crippen LogP contribution in [0.25, 0.3) is 0 Å². The van der Waals surface area contributed by atoms with Crippen LogP contribution in [0, 0.1) is 0 Å². The molecule has 0 heterocycles. The second kappa shape index (κ2) is 7.78. The zero-order valence-corrected chi connectivity index (χ0v) is 15.1. The zero-order valence-electron chi connectivity index (χ0n) is 12.0. The molecule has 0 aromatic heterocycles. The molecule has 0 atom stereocenters. The standard InChI is InChI=1S/C15H8Cl3F3N2OS/c16-8-2-3-9(10(17)6-8)13(24)23-14(25)22-12-4-1-7(5-11(12)18)15(19,20)21/h1-6H,(H2,22,23,24,25). The van der Waals surface area contributed by atoms with Gasteiger partial charge in [0.15, 0.2) is 5.11 Å². The first kappa shape index (κ1) is 19.8. The van der Waals surface area contributed by atoms with E-state index in [1.54, 1.807) is 0 Å². The van der Waals surface area contributed by atoms with Gasteiger partial charge < -0.3 is 5.32 Å². The fraction of sp³-hybridized carbons (Fsp3) is 0.0667. The average molecular weight is 428 g/mol. The number of alkyl halides is 3. The number of hydrogen-bond donors (Lipinski definition) is 2. The Kier molecular flexibility index (Phi) is 6.16. The lowest BCUT2D eigenvalue weighted by molar-refractivity contribution is -0.137. The van der Waals surface area contributed by atoms with E-state index < -0.39 is 17.6 Å². The summed E-state index contributed by atoms with van der Waals surface area (Å²) in [7, 11) is 0. The lowest BCUT2D eigenvalue weighted by Gasteiger charge is -2.13. The lowest BCUT2D eigenvalue weighted by atomic mass is 10.2. The summed E-state index contributed by atoms with van der Waals surface area (Å²) in [4.78, 5) is 12.1. The van der Waals surface area contributed by atoms with E-state index in [1.165, 1.54) is 18.2 Å². The first-order valence-corrected chi connectivity index (χ1v) is 8.06. The van der Waals surface area contributed by atoms with Crippen molar-refractivity contribution in [3.63, 3.8) is 0 Å². The van der Waals surface area contributed by atoms with E-state index in [2.05, 4.69) is 10.6 Å². The van der Waals surface area contributed by atoms with Crippen LogP contribution in [0.5, 0.6) is 0 Å². The fourth-order valence-corrected chi connectivity index (χ4v) is 2.72. The number of carbonyl (C=O) groups excluding carboxylic acids is 1. The van der Waals surface area contributed by atoms with Gasteiger partial charge in [0, 0.05) is 5.02 Å². The molecule has 0 aliphatic carbocycles. The first-order valence-electron chi connectivity index (χ1n) is 6.52. The van der Waals surface area contributed by atoms with E-state index in [1.807, 2.05) is 0 Å². The molecule has 2 rings (SSSR count). The number of rotatable bonds is 2.